The van der Waals surface area contributed by atoms with E-state index in [1.54, 1.807) is 0 Å². The number of carbonyl (C=O) groups excluding carboxylic acids is 1. The second-order valence-corrected chi connectivity index (χ2v) is 16.6. The number of hydrogen-bond acceptors (Lipinski definition) is 5. The van der Waals surface area contributed by atoms with E-state index >= 15 is 0 Å². The lowest BCUT2D eigenvalue weighted by molar-refractivity contribution is -0.199. The summed E-state index contributed by atoms with van der Waals surface area (Å²) in [6.07, 6.45) is -2.03. The zero-order chi connectivity index (χ0) is 27.9. The lowest BCUT2D eigenvalue weighted by Gasteiger charge is -2.46. The maximum Gasteiger partial charge on any atom is 0.192 e. The van der Waals surface area contributed by atoms with Gasteiger partial charge in [-0.15, -0.1) is 0 Å². The molecule has 0 amide bonds. The van der Waals surface area contributed by atoms with Crippen molar-refractivity contribution < 1.29 is 23.4 Å². The van der Waals surface area contributed by atoms with Crippen LogP contribution in [0.25, 0.3) is 0 Å². The SMILES string of the molecule is CC(C)(C)[Si](C)(C)O[C@H]1CC(=O)[C@@H](OCc2ccccc2)[C@H](OCc2ccccc2)[C@H]1OCc1ccccc1. The van der Waals surface area contributed by atoms with E-state index in [-0.39, 0.29) is 17.2 Å². The fourth-order valence-electron chi connectivity index (χ4n) is 4.53. The third-order valence-electron chi connectivity index (χ3n) is 7.80. The van der Waals surface area contributed by atoms with Gasteiger partial charge >= 0.3 is 0 Å². The maximum atomic E-state index is 13.7. The average molecular weight is 547 g/mol. The van der Waals surface area contributed by atoms with Crippen molar-refractivity contribution in [3.8, 4) is 0 Å². The monoisotopic (exact) mass is 546 g/mol. The second kappa shape index (κ2) is 13.2. The van der Waals surface area contributed by atoms with E-state index in [1.807, 2.05) is 91.0 Å². The molecule has 1 fully saturated rings. The molecular weight excluding hydrogens is 504 g/mol. The van der Waals surface area contributed by atoms with Gasteiger partial charge < -0.3 is 18.6 Å². The highest BCUT2D eigenvalue weighted by Crippen LogP contribution is 2.40. The van der Waals surface area contributed by atoms with Gasteiger partial charge in [0.05, 0.1) is 25.9 Å². The zero-order valence-electron chi connectivity index (χ0n) is 23.8. The van der Waals surface area contributed by atoms with Gasteiger partial charge in [-0.05, 0) is 34.8 Å². The van der Waals surface area contributed by atoms with E-state index in [9.17, 15) is 4.79 Å². The van der Waals surface area contributed by atoms with E-state index in [0.717, 1.165) is 16.7 Å². The van der Waals surface area contributed by atoms with E-state index in [4.69, 9.17) is 18.6 Å². The molecule has 1 aliphatic rings. The highest BCUT2D eigenvalue weighted by Gasteiger charge is 2.50. The van der Waals surface area contributed by atoms with Gasteiger partial charge in [0.2, 0.25) is 0 Å². The molecule has 1 saturated carbocycles. The highest BCUT2D eigenvalue weighted by molar-refractivity contribution is 6.74. The number of ketones is 1. The van der Waals surface area contributed by atoms with Gasteiger partial charge in [0.15, 0.2) is 14.1 Å². The fraction of sp³-hybridized carbons (Fsp3) is 0.424. The summed E-state index contributed by atoms with van der Waals surface area (Å²) in [6.45, 7) is 12.1. The Hall–Kier alpha value is -2.61. The Bertz CT molecular complexity index is 1160. The number of benzene rings is 3. The van der Waals surface area contributed by atoms with Gasteiger partial charge in [-0.25, -0.2) is 0 Å². The van der Waals surface area contributed by atoms with Gasteiger partial charge in [0, 0.05) is 6.42 Å². The number of Topliss-reactive ketones (excluding diaryl/α,β-unsaturated/α-hetero) is 1. The van der Waals surface area contributed by atoms with Gasteiger partial charge in [0.25, 0.3) is 0 Å². The largest absolute Gasteiger partial charge is 0.411 e. The van der Waals surface area contributed by atoms with E-state index in [1.165, 1.54) is 0 Å². The van der Waals surface area contributed by atoms with Crippen LogP contribution < -0.4 is 0 Å². The summed E-state index contributed by atoms with van der Waals surface area (Å²) in [4.78, 5) is 13.7. The molecule has 6 heteroatoms. The molecule has 0 saturated heterocycles. The Balaban J connectivity index is 1.63. The standard InChI is InChI=1S/C33H42O5Si/c1-33(2,3)39(4,5)38-29-21-28(34)30(35-22-25-15-9-6-10-16-25)32(37-24-27-19-13-8-14-20-27)31(29)36-23-26-17-11-7-12-18-26/h6-20,29-32H,21-24H2,1-5H3/t29-,30+,31-,32-/m0/s1. The zero-order valence-corrected chi connectivity index (χ0v) is 24.8. The van der Waals surface area contributed by atoms with Crippen LogP contribution in [-0.2, 0) is 43.3 Å². The normalized spacial score (nSPS) is 22.1. The fourth-order valence-corrected chi connectivity index (χ4v) is 5.86. The summed E-state index contributed by atoms with van der Waals surface area (Å²) in [5.74, 6) is -0.00716. The van der Waals surface area contributed by atoms with Crippen LogP contribution in [0.1, 0.15) is 43.9 Å². The Morgan fingerprint density at radius 1 is 0.667 bits per heavy atom. The van der Waals surface area contributed by atoms with Crippen LogP contribution in [0, 0.1) is 0 Å². The van der Waals surface area contributed by atoms with Crippen molar-refractivity contribution in [3.63, 3.8) is 0 Å². The molecule has 4 atom stereocenters. The van der Waals surface area contributed by atoms with Gasteiger partial charge in [-0.3, -0.25) is 4.79 Å². The van der Waals surface area contributed by atoms with Crippen molar-refractivity contribution >= 4 is 14.1 Å². The molecule has 0 N–H and O–H groups in total. The van der Waals surface area contributed by atoms with Crippen molar-refractivity contribution in [2.45, 2.75) is 89.6 Å². The Labute approximate surface area is 234 Å². The van der Waals surface area contributed by atoms with Crippen LogP contribution in [-0.4, -0.2) is 38.5 Å². The minimum atomic E-state index is -2.21. The van der Waals surface area contributed by atoms with Crippen molar-refractivity contribution in [3.05, 3.63) is 108 Å². The molecule has 0 spiro atoms. The summed E-state index contributed by atoms with van der Waals surface area (Å²) >= 11 is 0. The van der Waals surface area contributed by atoms with Crippen molar-refractivity contribution in [2.75, 3.05) is 0 Å². The first-order valence-corrected chi connectivity index (χ1v) is 16.7. The van der Waals surface area contributed by atoms with Crippen molar-refractivity contribution in [1.29, 1.82) is 0 Å². The molecule has 0 heterocycles. The van der Waals surface area contributed by atoms with E-state index < -0.39 is 32.7 Å². The molecule has 0 radical (unpaired) electrons. The molecule has 3 aromatic rings. The quantitative estimate of drug-likeness (QED) is 0.240. The second-order valence-electron chi connectivity index (χ2n) is 11.8. The van der Waals surface area contributed by atoms with Crippen LogP contribution in [0.4, 0.5) is 0 Å². The first kappa shape index (κ1) is 29.4. The van der Waals surface area contributed by atoms with Crippen LogP contribution in [0.2, 0.25) is 18.1 Å². The molecule has 0 aromatic heterocycles. The Kier molecular flexibility index (Phi) is 9.91. The molecule has 3 aromatic carbocycles. The average Bonchev–Trinajstić information content (AvgIpc) is 2.91. The molecular formula is C33H42O5Si. The van der Waals surface area contributed by atoms with E-state index in [0.29, 0.717) is 19.8 Å². The smallest absolute Gasteiger partial charge is 0.192 e. The van der Waals surface area contributed by atoms with Gasteiger partial charge in [0.1, 0.15) is 18.3 Å². The molecule has 39 heavy (non-hydrogen) atoms. The predicted octanol–water partition coefficient (Wildman–Crippen LogP) is 7.11. The molecule has 4 rings (SSSR count). The van der Waals surface area contributed by atoms with E-state index in [2.05, 4.69) is 33.9 Å². The minimum Gasteiger partial charge on any atom is -0.411 e. The Morgan fingerprint density at radius 2 is 1.08 bits per heavy atom. The minimum absolute atomic E-state index is 0.00716. The molecule has 0 unspecified atom stereocenters. The van der Waals surface area contributed by atoms with Crippen LogP contribution in [0.5, 0.6) is 0 Å². The van der Waals surface area contributed by atoms with Gasteiger partial charge in [-0.2, -0.15) is 0 Å². The third kappa shape index (κ3) is 7.96. The molecule has 5 nitrogen and oxygen atoms in total. The van der Waals surface area contributed by atoms with Crippen LogP contribution in [0.3, 0.4) is 0 Å². The maximum absolute atomic E-state index is 13.7. The Morgan fingerprint density at radius 3 is 1.51 bits per heavy atom. The van der Waals surface area contributed by atoms with Crippen molar-refractivity contribution in [1.82, 2.24) is 0 Å². The highest BCUT2D eigenvalue weighted by atomic mass is 28.4. The third-order valence-corrected chi connectivity index (χ3v) is 12.3. The van der Waals surface area contributed by atoms with Crippen LogP contribution >= 0.6 is 0 Å². The van der Waals surface area contributed by atoms with Crippen molar-refractivity contribution in [2.24, 2.45) is 0 Å². The molecule has 0 bridgehead atoms. The first-order chi connectivity index (χ1) is 18.6. The lowest BCUT2D eigenvalue weighted by Crippen LogP contribution is -2.60. The summed E-state index contributed by atoms with van der Waals surface area (Å²) < 4.78 is 26.3. The molecule has 0 aliphatic heterocycles. The number of carbonyl (C=O) groups is 1. The number of rotatable bonds is 11. The number of ether oxygens (including phenoxy) is 3. The topological polar surface area (TPSA) is 54.0 Å². The summed E-state index contributed by atoms with van der Waals surface area (Å²) in [5.41, 5.74) is 3.10. The first-order valence-electron chi connectivity index (χ1n) is 13.8. The molecule has 208 valence electrons. The predicted molar refractivity (Wildman–Crippen MR) is 157 cm³/mol. The summed E-state index contributed by atoms with van der Waals surface area (Å²) in [6, 6.07) is 30.0. The summed E-state index contributed by atoms with van der Waals surface area (Å²) in [7, 11) is -2.21. The van der Waals surface area contributed by atoms with Gasteiger partial charge in [-0.1, -0.05) is 112 Å². The molecule has 1 aliphatic carbocycles. The van der Waals surface area contributed by atoms with Crippen LogP contribution in [0.15, 0.2) is 91.0 Å². The summed E-state index contributed by atoms with van der Waals surface area (Å²) in [5, 5.41) is -0.0128. The number of hydrogen-bond donors (Lipinski definition) is 0. The lowest BCUT2D eigenvalue weighted by atomic mass is 9.87.